The molecule has 0 aromatic carbocycles. The van der Waals surface area contributed by atoms with Crippen LogP contribution < -0.4 is 14.8 Å². The number of nitrogens with one attached hydrogen (secondary N) is 1. The van der Waals surface area contributed by atoms with Gasteiger partial charge in [-0.05, 0) is 26.8 Å². The monoisotopic (exact) mass is 222 g/mol. The predicted octanol–water partition coefficient (Wildman–Crippen LogP) is 1.61. The summed E-state index contributed by atoms with van der Waals surface area (Å²) in [5.74, 6) is 1.53. The molecule has 2 heterocycles. The first-order chi connectivity index (χ1) is 7.79. The Kier molecular flexibility index (Phi) is 3.62. The molecule has 0 bridgehead atoms. The molecule has 4 heteroatoms. The molecule has 1 saturated heterocycles. The Hall–Kier alpha value is -1.29. The fraction of sp³-hybridized carbons (Fsp3) is 0.583. The Morgan fingerprint density at radius 3 is 2.88 bits per heavy atom. The summed E-state index contributed by atoms with van der Waals surface area (Å²) in [6.07, 6.45) is 4.77. The number of hydrogen-bond acceptors (Lipinski definition) is 4. The molecule has 0 spiro atoms. The van der Waals surface area contributed by atoms with Gasteiger partial charge in [0.1, 0.15) is 17.6 Å². The molecule has 1 unspecified atom stereocenters. The molecule has 1 fully saturated rings. The van der Waals surface area contributed by atoms with E-state index in [1.54, 1.807) is 12.4 Å². The van der Waals surface area contributed by atoms with E-state index >= 15 is 0 Å². The molecular formula is C12H18N2O2. The molecule has 0 aliphatic carbocycles. The van der Waals surface area contributed by atoms with E-state index in [-0.39, 0.29) is 6.10 Å². The van der Waals surface area contributed by atoms with E-state index in [1.165, 1.54) is 6.42 Å². The van der Waals surface area contributed by atoms with Crippen LogP contribution >= 0.6 is 0 Å². The minimum absolute atomic E-state index is 0.174. The minimum Gasteiger partial charge on any atom is -0.492 e. The third-order valence-corrected chi connectivity index (χ3v) is 2.75. The van der Waals surface area contributed by atoms with Crippen molar-refractivity contribution < 1.29 is 9.47 Å². The zero-order valence-corrected chi connectivity index (χ0v) is 9.77. The minimum atomic E-state index is 0.174. The van der Waals surface area contributed by atoms with E-state index < -0.39 is 0 Å². The SMILES string of the molecule is CCOc1cncc(OC(C)[C@@H]2CCN2)c1. The molecule has 0 saturated carbocycles. The smallest absolute Gasteiger partial charge is 0.141 e. The van der Waals surface area contributed by atoms with Gasteiger partial charge in [-0.2, -0.15) is 0 Å². The van der Waals surface area contributed by atoms with Crippen LogP contribution in [0, 0.1) is 0 Å². The van der Waals surface area contributed by atoms with Crippen LogP contribution in [0.2, 0.25) is 0 Å². The molecule has 1 aliphatic rings. The first-order valence-corrected chi connectivity index (χ1v) is 5.77. The van der Waals surface area contributed by atoms with E-state index in [1.807, 2.05) is 13.0 Å². The van der Waals surface area contributed by atoms with E-state index in [9.17, 15) is 0 Å². The lowest BCUT2D eigenvalue weighted by molar-refractivity contribution is 0.132. The molecular weight excluding hydrogens is 204 g/mol. The quantitative estimate of drug-likeness (QED) is 0.822. The van der Waals surface area contributed by atoms with Crippen LogP contribution in [0.5, 0.6) is 11.5 Å². The second kappa shape index (κ2) is 5.16. The maximum atomic E-state index is 5.80. The van der Waals surface area contributed by atoms with Crippen LogP contribution in [-0.2, 0) is 0 Å². The van der Waals surface area contributed by atoms with Gasteiger partial charge >= 0.3 is 0 Å². The van der Waals surface area contributed by atoms with Gasteiger partial charge in [0.25, 0.3) is 0 Å². The Bertz CT molecular complexity index is 340. The molecule has 16 heavy (non-hydrogen) atoms. The number of pyridine rings is 1. The van der Waals surface area contributed by atoms with Gasteiger partial charge in [0.15, 0.2) is 0 Å². The fourth-order valence-electron chi connectivity index (χ4n) is 1.72. The lowest BCUT2D eigenvalue weighted by Crippen LogP contribution is -2.51. The summed E-state index contributed by atoms with van der Waals surface area (Å²) in [5.41, 5.74) is 0. The summed E-state index contributed by atoms with van der Waals surface area (Å²) in [7, 11) is 0. The fourth-order valence-corrected chi connectivity index (χ4v) is 1.72. The van der Waals surface area contributed by atoms with Gasteiger partial charge in [-0.15, -0.1) is 0 Å². The molecule has 0 amide bonds. The van der Waals surface area contributed by atoms with E-state index in [4.69, 9.17) is 9.47 Å². The normalized spacial score (nSPS) is 21.0. The van der Waals surface area contributed by atoms with Crippen molar-refractivity contribution in [2.24, 2.45) is 0 Å². The van der Waals surface area contributed by atoms with Crippen molar-refractivity contribution in [3.8, 4) is 11.5 Å². The van der Waals surface area contributed by atoms with Crippen LogP contribution in [0.15, 0.2) is 18.5 Å². The summed E-state index contributed by atoms with van der Waals surface area (Å²) >= 11 is 0. The molecule has 1 aromatic rings. The average molecular weight is 222 g/mol. The second-order valence-corrected chi connectivity index (χ2v) is 3.96. The first-order valence-electron chi connectivity index (χ1n) is 5.77. The van der Waals surface area contributed by atoms with Gasteiger partial charge in [-0.3, -0.25) is 4.98 Å². The van der Waals surface area contributed by atoms with Crippen molar-refractivity contribution in [1.29, 1.82) is 0 Å². The van der Waals surface area contributed by atoms with Gasteiger partial charge in [-0.1, -0.05) is 0 Å². The van der Waals surface area contributed by atoms with E-state index in [0.29, 0.717) is 12.6 Å². The van der Waals surface area contributed by atoms with Gasteiger partial charge in [0.2, 0.25) is 0 Å². The van der Waals surface area contributed by atoms with Gasteiger partial charge in [0, 0.05) is 12.1 Å². The summed E-state index contributed by atoms with van der Waals surface area (Å²) in [6.45, 7) is 5.76. The summed E-state index contributed by atoms with van der Waals surface area (Å²) < 4.78 is 11.2. The Morgan fingerprint density at radius 1 is 1.50 bits per heavy atom. The molecule has 4 nitrogen and oxygen atoms in total. The van der Waals surface area contributed by atoms with Crippen molar-refractivity contribution in [3.63, 3.8) is 0 Å². The number of aromatic nitrogens is 1. The number of nitrogens with zero attached hydrogens (tertiary/aromatic N) is 1. The van der Waals surface area contributed by atoms with Crippen molar-refractivity contribution in [3.05, 3.63) is 18.5 Å². The highest BCUT2D eigenvalue weighted by atomic mass is 16.5. The highest BCUT2D eigenvalue weighted by molar-refractivity contribution is 5.28. The topological polar surface area (TPSA) is 43.4 Å². The highest BCUT2D eigenvalue weighted by Gasteiger charge is 2.24. The maximum Gasteiger partial charge on any atom is 0.141 e. The van der Waals surface area contributed by atoms with E-state index in [2.05, 4.69) is 17.2 Å². The lowest BCUT2D eigenvalue weighted by atomic mass is 10.0. The van der Waals surface area contributed by atoms with Crippen LogP contribution in [0.1, 0.15) is 20.3 Å². The van der Waals surface area contributed by atoms with Crippen molar-refractivity contribution in [2.45, 2.75) is 32.4 Å². The molecule has 1 N–H and O–H groups in total. The van der Waals surface area contributed by atoms with Crippen molar-refractivity contribution in [2.75, 3.05) is 13.2 Å². The third kappa shape index (κ3) is 2.64. The molecule has 1 aromatic heterocycles. The standard InChI is InChI=1S/C12H18N2O2/c1-3-15-10-6-11(8-13-7-10)16-9(2)12-4-5-14-12/h6-9,12,14H,3-5H2,1-2H3/t9?,12-/m0/s1. The number of hydrogen-bond donors (Lipinski definition) is 1. The Labute approximate surface area is 96.0 Å². The van der Waals surface area contributed by atoms with Crippen LogP contribution in [-0.4, -0.2) is 30.3 Å². The molecule has 2 rings (SSSR count). The van der Waals surface area contributed by atoms with Crippen molar-refractivity contribution in [1.82, 2.24) is 10.3 Å². The number of ether oxygens (including phenoxy) is 2. The molecule has 0 radical (unpaired) electrons. The van der Waals surface area contributed by atoms with Crippen LogP contribution in [0.25, 0.3) is 0 Å². The Balaban J connectivity index is 1.94. The summed E-state index contributed by atoms with van der Waals surface area (Å²) in [6, 6.07) is 2.35. The van der Waals surface area contributed by atoms with Gasteiger partial charge in [-0.25, -0.2) is 0 Å². The third-order valence-electron chi connectivity index (χ3n) is 2.75. The van der Waals surface area contributed by atoms with Gasteiger partial charge < -0.3 is 14.8 Å². The second-order valence-electron chi connectivity index (χ2n) is 3.96. The van der Waals surface area contributed by atoms with Crippen LogP contribution in [0.3, 0.4) is 0 Å². The zero-order valence-electron chi connectivity index (χ0n) is 9.77. The van der Waals surface area contributed by atoms with E-state index in [0.717, 1.165) is 18.0 Å². The summed E-state index contributed by atoms with van der Waals surface area (Å²) in [4.78, 5) is 4.09. The average Bonchev–Trinajstić information content (AvgIpc) is 2.15. The Morgan fingerprint density at radius 2 is 2.25 bits per heavy atom. The first kappa shape index (κ1) is 11.2. The largest absolute Gasteiger partial charge is 0.492 e. The molecule has 1 aliphatic heterocycles. The number of rotatable bonds is 5. The van der Waals surface area contributed by atoms with Crippen molar-refractivity contribution >= 4 is 0 Å². The molecule has 88 valence electrons. The molecule has 2 atom stereocenters. The maximum absolute atomic E-state index is 5.80. The predicted molar refractivity (Wildman–Crippen MR) is 61.9 cm³/mol. The highest BCUT2D eigenvalue weighted by Crippen LogP contribution is 2.20. The zero-order chi connectivity index (χ0) is 11.4. The van der Waals surface area contributed by atoms with Gasteiger partial charge in [0.05, 0.1) is 19.0 Å². The summed E-state index contributed by atoms with van der Waals surface area (Å²) in [5, 5.41) is 3.33. The van der Waals surface area contributed by atoms with Crippen LogP contribution in [0.4, 0.5) is 0 Å². The lowest BCUT2D eigenvalue weighted by Gasteiger charge is -2.33.